The molecule has 0 unspecified atom stereocenters. The Hall–Kier alpha value is -2.89. The van der Waals surface area contributed by atoms with E-state index < -0.39 is 29.6 Å². The second-order valence-corrected chi connectivity index (χ2v) is 6.09. The molecule has 2 aromatic rings. The van der Waals surface area contributed by atoms with Crippen molar-refractivity contribution in [1.29, 1.82) is 5.26 Å². The Labute approximate surface area is 135 Å². The summed E-state index contributed by atoms with van der Waals surface area (Å²) in [4.78, 5) is 48.8. The number of ether oxygens (including phenoxy) is 1. The van der Waals surface area contributed by atoms with Crippen LogP contribution in [-0.2, 0) is 0 Å². The lowest BCUT2D eigenvalue weighted by Gasteiger charge is -2.08. The van der Waals surface area contributed by atoms with Crippen molar-refractivity contribution in [2.24, 2.45) is 0 Å². The number of nitriles is 1. The first-order valence-electron chi connectivity index (χ1n) is 6.31. The van der Waals surface area contributed by atoms with E-state index in [9.17, 15) is 14.9 Å². The summed E-state index contributed by atoms with van der Waals surface area (Å²) in [7, 11) is -4.80. The molecule has 3 N–H and O–H groups in total. The minimum absolute atomic E-state index is 0.195. The number of nitro benzene ring substituents is 1. The third kappa shape index (κ3) is 3.90. The smallest absolute Gasteiger partial charge is 0.450 e. The van der Waals surface area contributed by atoms with Crippen LogP contribution in [0.15, 0.2) is 42.5 Å². The maximum absolute atomic E-state index is 11.6. The van der Waals surface area contributed by atoms with Gasteiger partial charge >= 0.3 is 19.2 Å². The second-order valence-electron chi connectivity index (χ2n) is 4.55. The molecule has 0 aliphatic heterocycles. The molecule has 0 saturated carbocycles. The van der Waals surface area contributed by atoms with Crippen LogP contribution >= 0.6 is 7.94 Å². The van der Waals surface area contributed by atoms with E-state index in [1.165, 1.54) is 24.3 Å². The number of benzene rings is 2. The fourth-order valence-corrected chi connectivity index (χ4v) is 2.26. The fourth-order valence-electron chi connectivity index (χ4n) is 1.78. The number of hydrogen-bond donors (Lipinski definition) is 3. The second kappa shape index (κ2) is 6.70. The van der Waals surface area contributed by atoms with Crippen molar-refractivity contribution in [3.8, 4) is 17.6 Å². The molecule has 0 heterocycles. The zero-order valence-electron chi connectivity index (χ0n) is 11.9. The third-order valence-corrected chi connectivity index (χ3v) is 3.69. The van der Waals surface area contributed by atoms with Crippen LogP contribution in [0.1, 0.15) is 15.9 Å². The van der Waals surface area contributed by atoms with Crippen molar-refractivity contribution in [2.45, 2.75) is 0 Å². The van der Waals surface area contributed by atoms with Gasteiger partial charge in [-0.05, 0) is 36.4 Å². The monoisotopic (exact) mass is 349 g/mol. The number of nitrogens with zero attached hydrogens (tertiary/aromatic N) is 2. The van der Waals surface area contributed by atoms with Crippen LogP contribution in [0, 0.1) is 21.4 Å². The molecule has 0 saturated heterocycles. The van der Waals surface area contributed by atoms with Gasteiger partial charge in [0.15, 0.2) is 0 Å². The van der Waals surface area contributed by atoms with Gasteiger partial charge in [0.2, 0.25) is 5.75 Å². The molecule has 0 fully saturated rings. The Morgan fingerprint density at radius 3 is 2.29 bits per heavy atom. The largest absolute Gasteiger partial charge is 0.483 e. The van der Waals surface area contributed by atoms with E-state index >= 15 is 0 Å². The van der Waals surface area contributed by atoms with Crippen LogP contribution in [0.4, 0.5) is 5.69 Å². The van der Waals surface area contributed by atoms with Gasteiger partial charge in [0, 0.05) is 6.07 Å². The van der Waals surface area contributed by atoms with E-state index in [1.54, 1.807) is 0 Å². The van der Waals surface area contributed by atoms with E-state index in [-0.39, 0.29) is 11.5 Å². The van der Waals surface area contributed by atoms with Crippen molar-refractivity contribution >= 4 is 19.2 Å². The maximum Gasteiger partial charge on any atom is 0.483 e. The summed E-state index contributed by atoms with van der Waals surface area (Å²) >= 11 is 0. The number of carbonyl (C=O) groups excluding carboxylic acids is 1. The van der Waals surface area contributed by atoms with E-state index in [0.29, 0.717) is 5.56 Å². The van der Waals surface area contributed by atoms with E-state index in [2.05, 4.69) is 0 Å². The normalized spacial score (nSPS) is 10.8. The van der Waals surface area contributed by atoms with Gasteiger partial charge in [-0.3, -0.25) is 10.1 Å². The van der Waals surface area contributed by atoms with Gasteiger partial charge < -0.3 is 4.74 Å². The van der Waals surface area contributed by atoms with Gasteiger partial charge in [-0.1, -0.05) is 0 Å². The zero-order chi connectivity index (χ0) is 17.9. The molecular formula is C14H10N2O7P+. The van der Waals surface area contributed by atoms with Crippen molar-refractivity contribution in [3.05, 3.63) is 63.7 Å². The molecule has 2 rings (SSSR count). The lowest BCUT2D eigenvalue weighted by Crippen LogP contribution is -2.06. The SMILES string of the molecule is N#Cc1ccc(Oc2ccc(C(=O)[P+](O)(O)O)cc2[N+](=O)[O-])cc1. The molecule has 0 spiro atoms. The standard InChI is InChI=1S/C14H10N2O7P/c15-8-9-1-4-11(5-2-9)23-13-6-3-10(7-12(13)16(18)19)14(17)24(20,21)22/h1-7,20-22H/q+1. The molecule has 0 aliphatic rings. The Bertz CT molecular complexity index is 838. The minimum atomic E-state index is -4.80. The highest BCUT2D eigenvalue weighted by Crippen LogP contribution is 2.48. The van der Waals surface area contributed by atoms with Crippen molar-refractivity contribution < 1.29 is 29.1 Å². The summed E-state index contributed by atoms with van der Waals surface area (Å²) in [6.45, 7) is 0. The number of rotatable bonds is 5. The first-order chi connectivity index (χ1) is 11.2. The van der Waals surface area contributed by atoms with Gasteiger partial charge in [-0.25, -0.2) is 4.79 Å². The highest BCUT2D eigenvalue weighted by atomic mass is 31.2. The Morgan fingerprint density at radius 2 is 1.79 bits per heavy atom. The Kier molecular flexibility index (Phi) is 4.87. The molecule has 24 heavy (non-hydrogen) atoms. The van der Waals surface area contributed by atoms with Gasteiger partial charge in [-0.2, -0.15) is 19.9 Å². The van der Waals surface area contributed by atoms with Crippen LogP contribution in [0.3, 0.4) is 0 Å². The molecule has 9 nitrogen and oxygen atoms in total. The van der Waals surface area contributed by atoms with Crippen LogP contribution in [0.25, 0.3) is 0 Å². The van der Waals surface area contributed by atoms with Crippen molar-refractivity contribution in [3.63, 3.8) is 0 Å². The van der Waals surface area contributed by atoms with Gasteiger partial charge in [0.1, 0.15) is 5.75 Å². The Balaban J connectivity index is 2.38. The molecule has 0 amide bonds. The quantitative estimate of drug-likeness (QED) is 0.421. The van der Waals surface area contributed by atoms with Gasteiger partial charge in [-0.15, -0.1) is 0 Å². The molecule has 0 atom stereocenters. The van der Waals surface area contributed by atoms with Crippen LogP contribution in [-0.4, -0.2) is 25.1 Å². The molecular weight excluding hydrogens is 339 g/mol. The van der Waals surface area contributed by atoms with E-state index in [1.807, 2.05) is 6.07 Å². The summed E-state index contributed by atoms with van der Waals surface area (Å²) in [5, 5.41) is 19.8. The Morgan fingerprint density at radius 1 is 1.17 bits per heavy atom. The maximum atomic E-state index is 11.6. The summed E-state index contributed by atoms with van der Waals surface area (Å²) in [6.07, 6.45) is 0. The molecule has 2 aromatic carbocycles. The predicted molar refractivity (Wildman–Crippen MR) is 82.2 cm³/mol. The van der Waals surface area contributed by atoms with Crippen LogP contribution in [0.2, 0.25) is 0 Å². The molecule has 0 radical (unpaired) electrons. The summed E-state index contributed by atoms with van der Waals surface area (Å²) in [6, 6.07) is 10.6. The van der Waals surface area contributed by atoms with Crippen molar-refractivity contribution in [2.75, 3.05) is 0 Å². The summed E-state index contributed by atoms with van der Waals surface area (Å²) < 4.78 is 5.35. The molecule has 0 bridgehead atoms. The molecule has 0 aliphatic carbocycles. The molecule has 122 valence electrons. The van der Waals surface area contributed by atoms with Crippen LogP contribution in [0.5, 0.6) is 11.5 Å². The highest BCUT2D eigenvalue weighted by Gasteiger charge is 2.44. The summed E-state index contributed by atoms with van der Waals surface area (Å²) in [5.74, 6) is 0.0310. The average molecular weight is 349 g/mol. The van der Waals surface area contributed by atoms with Crippen LogP contribution < -0.4 is 4.74 Å². The minimum Gasteiger partial charge on any atom is -0.450 e. The summed E-state index contributed by atoms with van der Waals surface area (Å²) in [5.41, 5.74) is -2.06. The van der Waals surface area contributed by atoms with E-state index in [4.69, 9.17) is 24.7 Å². The predicted octanol–water partition coefficient (Wildman–Crippen LogP) is 2.14. The molecule has 10 heteroatoms. The lowest BCUT2D eigenvalue weighted by molar-refractivity contribution is -0.385. The zero-order valence-corrected chi connectivity index (χ0v) is 12.8. The first kappa shape index (κ1) is 17.5. The average Bonchev–Trinajstić information content (AvgIpc) is 2.54. The van der Waals surface area contributed by atoms with Gasteiger partial charge in [0.25, 0.3) is 0 Å². The molecule has 0 aromatic heterocycles. The fraction of sp³-hybridized carbons (Fsp3) is 0. The van der Waals surface area contributed by atoms with Crippen molar-refractivity contribution in [1.82, 2.24) is 0 Å². The number of hydrogen-bond acceptors (Lipinski definition) is 8. The van der Waals surface area contributed by atoms with Gasteiger partial charge in [0.05, 0.1) is 22.1 Å². The number of nitro groups is 1. The topological polar surface area (TPSA) is 154 Å². The van der Waals surface area contributed by atoms with E-state index in [0.717, 1.165) is 18.2 Å². The first-order valence-corrected chi connectivity index (χ1v) is 7.95. The third-order valence-electron chi connectivity index (χ3n) is 2.89. The lowest BCUT2D eigenvalue weighted by atomic mass is 10.2. The highest BCUT2D eigenvalue weighted by molar-refractivity contribution is 7.76. The number of carbonyl (C=O) groups is 1.